The van der Waals surface area contributed by atoms with Crippen LogP contribution in [0.1, 0.15) is 10.4 Å². The third kappa shape index (κ3) is 5.36. The topological polar surface area (TPSA) is 67.4 Å². The molecule has 3 rings (SSSR count). The van der Waals surface area contributed by atoms with Gasteiger partial charge in [0.15, 0.2) is 0 Å². The predicted octanol–water partition coefficient (Wildman–Crippen LogP) is 2.77. The number of ether oxygens (including phenoxy) is 1. The van der Waals surface area contributed by atoms with Crippen molar-refractivity contribution >= 4 is 22.6 Å². The van der Waals surface area contributed by atoms with Crippen LogP contribution in [0.2, 0.25) is 0 Å². The Morgan fingerprint density at radius 2 is 1.57 bits per heavy atom. The van der Waals surface area contributed by atoms with Crippen molar-refractivity contribution in [1.82, 2.24) is 10.6 Å². The molecule has 0 fully saturated rings. The van der Waals surface area contributed by atoms with E-state index in [1.54, 1.807) is 24.3 Å². The summed E-state index contributed by atoms with van der Waals surface area (Å²) in [6, 6.07) is 22.6. The van der Waals surface area contributed by atoms with Crippen molar-refractivity contribution in [2.24, 2.45) is 0 Å². The minimum absolute atomic E-state index is 0.0953. The summed E-state index contributed by atoms with van der Waals surface area (Å²) in [7, 11) is 0. The van der Waals surface area contributed by atoms with E-state index in [2.05, 4.69) is 22.5 Å². The zero-order valence-corrected chi connectivity index (χ0v) is 15.3. The number of rotatable bonds is 6. The maximum Gasteiger partial charge on any atom is 0.251 e. The van der Waals surface area contributed by atoms with E-state index >= 15 is 0 Å². The van der Waals surface area contributed by atoms with Gasteiger partial charge in [0.05, 0.1) is 13.1 Å². The molecule has 0 aliphatic rings. The molecule has 0 saturated carbocycles. The first-order valence-electron chi connectivity index (χ1n) is 8.90. The number of amides is 2. The van der Waals surface area contributed by atoms with E-state index < -0.39 is 0 Å². The van der Waals surface area contributed by atoms with E-state index in [1.807, 2.05) is 48.5 Å². The molecule has 0 atom stereocenters. The Kier molecular flexibility index (Phi) is 6.64. The Morgan fingerprint density at radius 1 is 0.821 bits per heavy atom. The summed E-state index contributed by atoms with van der Waals surface area (Å²) in [6.45, 7) is 0.329. The standard InChI is InChI=1S/C23H20N2O3/c26-22(17-25-23(27)19-10-2-1-3-11-19)24-15-6-7-16-28-21-14-8-12-18-9-4-5-13-20(18)21/h1-5,8-14H,15-17H2,(H,24,26)(H,25,27). The molecule has 5 heteroatoms. The van der Waals surface area contributed by atoms with E-state index in [1.165, 1.54) is 0 Å². The molecule has 0 saturated heterocycles. The maximum absolute atomic E-state index is 11.9. The first-order valence-corrected chi connectivity index (χ1v) is 8.90. The lowest BCUT2D eigenvalue weighted by molar-refractivity contribution is -0.119. The minimum atomic E-state index is -0.298. The molecule has 0 aliphatic heterocycles. The minimum Gasteiger partial charge on any atom is -0.480 e. The summed E-state index contributed by atoms with van der Waals surface area (Å²) in [5.41, 5.74) is 0.515. The fraction of sp³-hybridized carbons (Fsp3) is 0.130. The van der Waals surface area contributed by atoms with E-state index in [4.69, 9.17) is 4.74 Å². The van der Waals surface area contributed by atoms with Crippen LogP contribution in [0, 0.1) is 11.8 Å². The van der Waals surface area contributed by atoms with E-state index in [-0.39, 0.29) is 31.5 Å². The molecule has 5 nitrogen and oxygen atoms in total. The molecule has 0 bridgehead atoms. The molecular formula is C23H20N2O3. The lowest BCUT2D eigenvalue weighted by Gasteiger charge is -2.06. The summed E-state index contributed by atoms with van der Waals surface area (Å²) in [5, 5.41) is 7.35. The first-order chi connectivity index (χ1) is 13.7. The van der Waals surface area contributed by atoms with Gasteiger partial charge in [0.2, 0.25) is 5.91 Å². The normalized spacial score (nSPS) is 9.86. The van der Waals surface area contributed by atoms with Crippen LogP contribution in [0.15, 0.2) is 72.8 Å². The summed E-state index contributed by atoms with van der Waals surface area (Å²) >= 11 is 0. The van der Waals surface area contributed by atoms with Gasteiger partial charge < -0.3 is 15.4 Å². The highest BCUT2D eigenvalue weighted by atomic mass is 16.5. The third-order valence-corrected chi connectivity index (χ3v) is 3.99. The van der Waals surface area contributed by atoms with Crippen LogP contribution in [0.25, 0.3) is 10.8 Å². The van der Waals surface area contributed by atoms with Crippen LogP contribution < -0.4 is 15.4 Å². The third-order valence-electron chi connectivity index (χ3n) is 3.99. The number of fused-ring (bicyclic) bond motifs is 1. The molecule has 0 radical (unpaired) electrons. The predicted molar refractivity (Wildman–Crippen MR) is 109 cm³/mol. The van der Waals surface area contributed by atoms with Crippen molar-refractivity contribution in [3.05, 3.63) is 78.4 Å². The molecule has 0 aromatic heterocycles. The monoisotopic (exact) mass is 372 g/mol. The molecular weight excluding hydrogens is 352 g/mol. The van der Waals surface area contributed by atoms with Gasteiger partial charge in [-0.25, -0.2) is 0 Å². The number of nitrogens with one attached hydrogen (secondary N) is 2. The van der Waals surface area contributed by atoms with Crippen LogP contribution in [-0.4, -0.2) is 31.5 Å². The highest BCUT2D eigenvalue weighted by molar-refractivity contribution is 5.96. The van der Waals surface area contributed by atoms with Gasteiger partial charge in [-0.15, -0.1) is 0 Å². The zero-order valence-electron chi connectivity index (χ0n) is 15.3. The van der Waals surface area contributed by atoms with Crippen molar-refractivity contribution in [1.29, 1.82) is 0 Å². The van der Waals surface area contributed by atoms with Crippen LogP contribution in [0.5, 0.6) is 5.75 Å². The summed E-state index contributed by atoms with van der Waals surface area (Å²) in [6.07, 6.45) is 0. The van der Waals surface area contributed by atoms with E-state index in [9.17, 15) is 9.59 Å². The molecule has 0 spiro atoms. The van der Waals surface area contributed by atoms with Crippen LogP contribution in [-0.2, 0) is 4.79 Å². The number of hydrogen-bond acceptors (Lipinski definition) is 3. The first kappa shape index (κ1) is 19.0. The molecule has 3 aromatic rings. The fourth-order valence-corrected chi connectivity index (χ4v) is 2.61. The second-order valence-corrected chi connectivity index (χ2v) is 5.94. The molecule has 0 heterocycles. The van der Waals surface area contributed by atoms with Gasteiger partial charge in [-0.3, -0.25) is 9.59 Å². The largest absolute Gasteiger partial charge is 0.480 e. The Morgan fingerprint density at radius 3 is 2.43 bits per heavy atom. The Balaban J connectivity index is 1.38. The quantitative estimate of drug-likeness (QED) is 0.654. The van der Waals surface area contributed by atoms with Gasteiger partial charge in [-0.2, -0.15) is 0 Å². The van der Waals surface area contributed by atoms with Gasteiger partial charge in [-0.1, -0.05) is 66.4 Å². The average Bonchev–Trinajstić information content (AvgIpc) is 2.75. The Bertz CT molecular complexity index is 1010. The van der Waals surface area contributed by atoms with E-state index in [0.29, 0.717) is 5.56 Å². The number of hydrogen-bond donors (Lipinski definition) is 2. The van der Waals surface area contributed by atoms with Crippen LogP contribution in [0.4, 0.5) is 0 Å². The zero-order chi connectivity index (χ0) is 19.6. The number of carbonyl (C=O) groups excluding carboxylic acids is 2. The molecule has 28 heavy (non-hydrogen) atoms. The van der Waals surface area contributed by atoms with Crippen LogP contribution in [0.3, 0.4) is 0 Å². The highest BCUT2D eigenvalue weighted by Crippen LogP contribution is 2.24. The second-order valence-electron chi connectivity index (χ2n) is 5.94. The average molecular weight is 372 g/mol. The van der Waals surface area contributed by atoms with E-state index in [0.717, 1.165) is 16.5 Å². The maximum atomic E-state index is 11.9. The SMILES string of the molecule is O=C(CNC(=O)c1ccccc1)NCC#CCOc1cccc2ccccc12. The van der Waals surface area contributed by atoms with Gasteiger partial charge >= 0.3 is 0 Å². The van der Waals surface area contributed by atoms with Crippen molar-refractivity contribution in [3.8, 4) is 17.6 Å². The second kappa shape index (κ2) is 9.79. The van der Waals surface area contributed by atoms with Gasteiger partial charge in [0.25, 0.3) is 5.91 Å². The summed E-state index contributed by atoms with van der Waals surface area (Å²) in [4.78, 5) is 23.6. The molecule has 2 N–H and O–H groups in total. The molecule has 0 unspecified atom stereocenters. The molecule has 3 aromatic carbocycles. The summed E-state index contributed by atoms with van der Waals surface area (Å²) in [5.74, 6) is 5.90. The molecule has 140 valence electrons. The summed E-state index contributed by atoms with van der Waals surface area (Å²) < 4.78 is 5.71. The fourth-order valence-electron chi connectivity index (χ4n) is 2.61. The van der Waals surface area contributed by atoms with Crippen molar-refractivity contribution in [3.63, 3.8) is 0 Å². The smallest absolute Gasteiger partial charge is 0.251 e. The lowest BCUT2D eigenvalue weighted by Crippen LogP contribution is -2.37. The Labute approximate surface area is 163 Å². The van der Waals surface area contributed by atoms with Gasteiger partial charge in [0, 0.05) is 10.9 Å². The van der Waals surface area contributed by atoms with Crippen molar-refractivity contribution in [2.45, 2.75) is 0 Å². The lowest BCUT2D eigenvalue weighted by atomic mass is 10.1. The number of benzene rings is 3. The number of carbonyl (C=O) groups is 2. The molecule has 0 aliphatic carbocycles. The van der Waals surface area contributed by atoms with Crippen molar-refractivity contribution in [2.75, 3.05) is 19.7 Å². The molecule has 2 amide bonds. The van der Waals surface area contributed by atoms with Gasteiger partial charge in [-0.05, 0) is 23.6 Å². The highest BCUT2D eigenvalue weighted by Gasteiger charge is 2.06. The Hall–Kier alpha value is -3.78. The van der Waals surface area contributed by atoms with Crippen molar-refractivity contribution < 1.29 is 14.3 Å². The van der Waals surface area contributed by atoms with Crippen LogP contribution >= 0.6 is 0 Å². The van der Waals surface area contributed by atoms with Gasteiger partial charge in [0.1, 0.15) is 12.4 Å².